The lowest BCUT2D eigenvalue weighted by Crippen LogP contribution is -2.26. The van der Waals surface area contributed by atoms with Crippen molar-refractivity contribution in [1.82, 2.24) is 5.32 Å². The van der Waals surface area contributed by atoms with Crippen LogP contribution in [-0.4, -0.2) is 19.0 Å². The van der Waals surface area contributed by atoms with Gasteiger partial charge in [0.15, 0.2) is 0 Å². The maximum absolute atomic E-state index is 10.3. The Balaban J connectivity index is 1.92. The molecule has 0 saturated heterocycles. The van der Waals surface area contributed by atoms with Crippen LogP contribution in [0.25, 0.3) is 0 Å². The molecule has 0 unspecified atom stereocenters. The zero-order valence-corrected chi connectivity index (χ0v) is 7.02. The van der Waals surface area contributed by atoms with Crippen LogP contribution in [0.1, 0.15) is 26.2 Å². The van der Waals surface area contributed by atoms with E-state index in [1.807, 2.05) is 0 Å². The van der Waals surface area contributed by atoms with Crippen molar-refractivity contribution in [2.24, 2.45) is 11.1 Å². The summed E-state index contributed by atoms with van der Waals surface area (Å²) in [4.78, 5) is 10.3. The van der Waals surface area contributed by atoms with E-state index in [-0.39, 0.29) is 5.91 Å². The number of amides is 1. The molecule has 1 amide bonds. The molecule has 1 rings (SSSR count). The Bertz CT molecular complexity index is 152. The van der Waals surface area contributed by atoms with Gasteiger partial charge < -0.3 is 11.1 Å². The molecule has 1 aliphatic carbocycles. The lowest BCUT2D eigenvalue weighted by atomic mass is 10.1. The van der Waals surface area contributed by atoms with E-state index in [0.717, 1.165) is 13.1 Å². The molecule has 3 heteroatoms. The van der Waals surface area contributed by atoms with Gasteiger partial charge in [0.2, 0.25) is 5.91 Å². The summed E-state index contributed by atoms with van der Waals surface area (Å²) in [5.41, 5.74) is 5.50. The second-order valence-electron chi connectivity index (χ2n) is 3.70. The van der Waals surface area contributed by atoms with Crippen LogP contribution in [-0.2, 0) is 4.79 Å². The lowest BCUT2D eigenvalue weighted by molar-refractivity contribution is -0.117. The van der Waals surface area contributed by atoms with Gasteiger partial charge >= 0.3 is 0 Å². The van der Waals surface area contributed by atoms with Gasteiger partial charge in [0.25, 0.3) is 0 Å². The van der Waals surface area contributed by atoms with Crippen LogP contribution in [0.3, 0.4) is 0 Å². The minimum absolute atomic E-state index is 0.224. The summed E-state index contributed by atoms with van der Waals surface area (Å²) >= 11 is 0. The molecule has 64 valence electrons. The van der Waals surface area contributed by atoms with Gasteiger partial charge in [-0.15, -0.1) is 0 Å². The summed E-state index contributed by atoms with van der Waals surface area (Å²) in [7, 11) is 0. The lowest BCUT2D eigenvalue weighted by Gasteiger charge is -2.08. The third kappa shape index (κ3) is 3.37. The van der Waals surface area contributed by atoms with Crippen LogP contribution >= 0.6 is 0 Å². The molecule has 1 saturated carbocycles. The minimum atomic E-state index is -0.224. The molecule has 1 fully saturated rings. The molecule has 0 bridgehead atoms. The van der Waals surface area contributed by atoms with Crippen LogP contribution < -0.4 is 11.1 Å². The van der Waals surface area contributed by atoms with Gasteiger partial charge in [0.1, 0.15) is 0 Å². The van der Waals surface area contributed by atoms with Crippen molar-refractivity contribution in [2.75, 3.05) is 13.1 Å². The molecule has 0 atom stereocenters. The zero-order valence-electron chi connectivity index (χ0n) is 7.02. The SMILES string of the molecule is CC1(CNCCC(N)=O)CC1. The van der Waals surface area contributed by atoms with E-state index >= 15 is 0 Å². The molecule has 1 aliphatic rings. The van der Waals surface area contributed by atoms with Crippen molar-refractivity contribution >= 4 is 5.91 Å². The monoisotopic (exact) mass is 156 g/mol. The number of carbonyl (C=O) groups excluding carboxylic acids is 1. The number of carbonyl (C=O) groups is 1. The Hall–Kier alpha value is -0.570. The standard InChI is InChI=1S/C8H16N2O/c1-8(3-4-8)6-10-5-2-7(9)11/h10H,2-6H2,1H3,(H2,9,11). The summed E-state index contributed by atoms with van der Waals surface area (Å²) in [6, 6.07) is 0. The van der Waals surface area contributed by atoms with Crippen molar-refractivity contribution in [3.05, 3.63) is 0 Å². The summed E-state index contributed by atoms with van der Waals surface area (Å²) in [5.74, 6) is -0.224. The number of nitrogens with one attached hydrogen (secondary N) is 1. The average molecular weight is 156 g/mol. The van der Waals surface area contributed by atoms with Gasteiger partial charge in [-0.1, -0.05) is 6.92 Å². The molecule has 0 aromatic carbocycles. The topological polar surface area (TPSA) is 55.1 Å². The molecule has 0 aromatic heterocycles. The number of hydrogen-bond donors (Lipinski definition) is 2. The van der Waals surface area contributed by atoms with Crippen LogP contribution in [0.5, 0.6) is 0 Å². The highest BCUT2D eigenvalue weighted by Gasteiger charge is 2.36. The second-order valence-corrected chi connectivity index (χ2v) is 3.70. The molecular weight excluding hydrogens is 140 g/mol. The van der Waals surface area contributed by atoms with E-state index in [2.05, 4.69) is 12.2 Å². The number of primary amides is 1. The first-order chi connectivity index (χ1) is 5.12. The number of rotatable bonds is 5. The predicted molar refractivity (Wildman–Crippen MR) is 44.0 cm³/mol. The summed E-state index contributed by atoms with van der Waals surface area (Å²) < 4.78 is 0. The van der Waals surface area contributed by atoms with Crippen LogP contribution in [0, 0.1) is 5.41 Å². The van der Waals surface area contributed by atoms with Gasteiger partial charge in [-0.2, -0.15) is 0 Å². The fourth-order valence-electron chi connectivity index (χ4n) is 0.992. The van der Waals surface area contributed by atoms with E-state index < -0.39 is 0 Å². The fourth-order valence-corrected chi connectivity index (χ4v) is 0.992. The Labute approximate surface area is 67.3 Å². The van der Waals surface area contributed by atoms with E-state index in [1.54, 1.807) is 0 Å². The molecule has 3 N–H and O–H groups in total. The molecule has 0 aliphatic heterocycles. The van der Waals surface area contributed by atoms with Crippen molar-refractivity contribution < 1.29 is 4.79 Å². The molecule has 11 heavy (non-hydrogen) atoms. The van der Waals surface area contributed by atoms with E-state index in [1.165, 1.54) is 12.8 Å². The average Bonchev–Trinajstić information content (AvgIpc) is 2.62. The van der Waals surface area contributed by atoms with Crippen molar-refractivity contribution in [3.63, 3.8) is 0 Å². The highest BCUT2D eigenvalue weighted by atomic mass is 16.1. The molecule has 0 aromatic rings. The molecule has 0 radical (unpaired) electrons. The van der Waals surface area contributed by atoms with E-state index in [4.69, 9.17) is 5.73 Å². The fraction of sp³-hybridized carbons (Fsp3) is 0.875. The van der Waals surface area contributed by atoms with Gasteiger partial charge in [0.05, 0.1) is 0 Å². The summed E-state index contributed by atoms with van der Waals surface area (Å²) in [6.07, 6.45) is 3.09. The van der Waals surface area contributed by atoms with Crippen molar-refractivity contribution in [2.45, 2.75) is 26.2 Å². The number of nitrogens with two attached hydrogens (primary N) is 1. The van der Waals surface area contributed by atoms with E-state index in [9.17, 15) is 4.79 Å². The molecule has 0 heterocycles. The summed E-state index contributed by atoms with van der Waals surface area (Å²) in [6.45, 7) is 4.01. The Morgan fingerprint density at radius 2 is 2.27 bits per heavy atom. The van der Waals surface area contributed by atoms with Crippen LogP contribution in [0.2, 0.25) is 0 Å². The number of hydrogen-bond acceptors (Lipinski definition) is 2. The Kier molecular flexibility index (Phi) is 2.49. The zero-order chi connectivity index (χ0) is 8.32. The predicted octanol–water partition coefficient (Wildman–Crippen LogP) is 0.251. The van der Waals surface area contributed by atoms with E-state index in [0.29, 0.717) is 11.8 Å². The summed E-state index contributed by atoms with van der Waals surface area (Å²) in [5, 5.41) is 3.22. The van der Waals surface area contributed by atoms with Crippen LogP contribution in [0.4, 0.5) is 0 Å². The normalized spacial score (nSPS) is 19.7. The van der Waals surface area contributed by atoms with Gasteiger partial charge in [-0.05, 0) is 18.3 Å². The van der Waals surface area contributed by atoms with Gasteiger partial charge in [-0.25, -0.2) is 0 Å². The van der Waals surface area contributed by atoms with Gasteiger partial charge in [0, 0.05) is 19.5 Å². The first-order valence-corrected chi connectivity index (χ1v) is 4.11. The highest BCUT2D eigenvalue weighted by molar-refractivity contribution is 5.73. The highest BCUT2D eigenvalue weighted by Crippen LogP contribution is 2.43. The van der Waals surface area contributed by atoms with Crippen molar-refractivity contribution in [1.29, 1.82) is 0 Å². The first kappa shape index (κ1) is 8.53. The maximum Gasteiger partial charge on any atom is 0.218 e. The minimum Gasteiger partial charge on any atom is -0.370 e. The third-order valence-corrected chi connectivity index (χ3v) is 2.20. The van der Waals surface area contributed by atoms with Crippen molar-refractivity contribution in [3.8, 4) is 0 Å². The molecular formula is C8H16N2O. The largest absolute Gasteiger partial charge is 0.370 e. The smallest absolute Gasteiger partial charge is 0.218 e. The van der Waals surface area contributed by atoms with Crippen LogP contribution in [0.15, 0.2) is 0 Å². The first-order valence-electron chi connectivity index (χ1n) is 4.11. The molecule has 3 nitrogen and oxygen atoms in total. The quantitative estimate of drug-likeness (QED) is 0.561. The second kappa shape index (κ2) is 3.22. The molecule has 0 spiro atoms. The third-order valence-electron chi connectivity index (χ3n) is 2.20. The maximum atomic E-state index is 10.3. The Morgan fingerprint density at radius 3 is 2.73 bits per heavy atom. The Morgan fingerprint density at radius 1 is 1.64 bits per heavy atom. The van der Waals surface area contributed by atoms with Gasteiger partial charge in [-0.3, -0.25) is 4.79 Å².